The summed E-state index contributed by atoms with van der Waals surface area (Å²) in [6, 6.07) is 21.7. The van der Waals surface area contributed by atoms with Crippen LogP contribution in [0.25, 0.3) is 16.7 Å². The number of carbonyl (C=O) groups is 1. The lowest BCUT2D eigenvalue weighted by atomic mass is 9.83. The number of hydrogen-bond donors (Lipinski definition) is 2. The molecule has 0 aliphatic carbocycles. The fourth-order valence-corrected chi connectivity index (χ4v) is 4.38. The molecule has 0 fully saturated rings. The van der Waals surface area contributed by atoms with Gasteiger partial charge in [-0.15, -0.1) is 0 Å². The van der Waals surface area contributed by atoms with Crippen molar-refractivity contribution in [1.29, 1.82) is 10.5 Å². The average Bonchev–Trinajstić information content (AvgIpc) is 3.37. The zero-order chi connectivity index (χ0) is 26.8. The Hall–Kier alpha value is -4.99. The summed E-state index contributed by atoms with van der Waals surface area (Å²) < 4.78 is 34.2. The Morgan fingerprint density at radius 2 is 1.76 bits per heavy atom. The number of furan rings is 1. The molecular formula is C28H16ClF2N5O2. The molecule has 4 aromatic rings. The highest BCUT2D eigenvalue weighted by Gasteiger charge is 2.37. The number of dihydropyridines is 1. The first-order chi connectivity index (χ1) is 18.4. The predicted octanol–water partition coefficient (Wildman–Crippen LogP) is 6.40. The predicted molar refractivity (Wildman–Crippen MR) is 137 cm³/mol. The third-order valence-electron chi connectivity index (χ3n) is 6.01. The maximum absolute atomic E-state index is 14.1. The van der Waals surface area contributed by atoms with Gasteiger partial charge in [-0.1, -0.05) is 41.9 Å². The molecule has 0 saturated heterocycles. The molecule has 2 N–H and O–H groups in total. The van der Waals surface area contributed by atoms with Gasteiger partial charge in [0.25, 0.3) is 12.3 Å². The Labute approximate surface area is 220 Å². The summed E-state index contributed by atoms with van der Waals surface area (Å²) in [5, 5.41) is 26.1. The molecule has 3 heterocycles. The number of benzene rings is 2. The Morgan fingerprint density at radius 3 is 2.42 bits per heavy atom. The minimum absolute atomic E-state index is 0.00941. The fourth-order valence-electron chi connectivity index (χ4n) is 4.25. The van der Waals surface area contributed by atoms with Crippen LogP contribution in [-0.2, 0) is 0 Å². The number of halogens is 3. The zero-order valence-corrected chi connectivity index (χ0v) is 20.1. The number of nitriles is 2. The van der Waals surface area contributed by atoms with Crippen LogP contribution in [0.3, 0.4) is 0 Å². The van der Waals surface area contributed by atoms with Crippen LogP contribution in [0.1, 0.15) is 27.6 Å². The molecule has 0 bridgehead atoms. The lowest BCUT2D eigenvalue weighted by Gasteiger charge is -2.27. The largest absolute Gasteiger partial charge is 0.460 e. The van der Waals surface area contributed by atoms with E-state index in [-0.39, 0.29) is 34.0 Å². The molecule has 1 aliphatic heterocycles. The van der Waals surface area contributed by atoms with Gasteiger partial charge in [-0.3, -0.25) is 4.79 Å². The van der Waals surface area contributed by atoms with Crippen LogP contribution in [-0.4, -0.2) is 17.3 Å². The van der Waals surface area contributed by atoms with Crippen molar-refractivity contribution >= 4 is 40.0 Å². The Morgan fingerprint density at radius 1 is 1.05 bits per heavy atom. The monoisotopic (exact) mass is 527 g/mol. The summed E-state index contributed by atoms with van der Waals surface area (Å²) in [6.07, 6.45) is -1.61. The first-order valence-corrected chi connectivity index (χ1v) is 11.6. The molecule has 1 amide bonds. The molecule has 1 aliphatic rings. The van der Waals surface area contributed by atoms with Crippen molar-refractivity contribution in [2.45, 2.75) is 12.3 Å². The molecule has 38 heavy (non-hydrogen) atoms. The molecule has 1 atom stereocenters. The van der Waals surface area contributed by atoms with Crippen LogP contribution in [0.15, 0.2) is 94.2 Å². The van der Waals surface area contributed by atoms with Crippen LogP contribution in [0.5, 0.6) is 0 Å². The molecule has 7 nitrogen and oxygen atoms in total. The second-order valence-electron chi connectivity index (χ2n) is 8.25. The summed E-state index contributed by atoms with van der Waals surface area (Å²) in [6.45, 7) is 0. The lowest BCUT2D eigenvalue weighted by molar-refractivity contribution is 0.102. The average molecular weight is 528 g/mol. The SMILES string of the molecule is N#CC1=C(c2ccc(Cl)cc2)NC(C(F)F)=C(C#N)C1c1cc2c(NC(=O)c3ccccc3)nccc2o1. The third kappa shape index (κ3) is 4.47. The molecule has 10 heteroatoms. The molecular weight excluding hydrogens is 512 g/mol. The van der Waals surface area contributed by atoms with Crippen molar-refractivity contribution in [3.8, 4) is 12.1 Å². The third-order valence-corrected chi connectivity index (χ3v) is 6.26. The minimum atomic E-state index is -3.03. The van der Waals surface area contributed by atoms with Gasteiger partial charge in [-0.05, 0) is 42.0 Å². The summed E-state index contributed by atoms with van der Waals surface area (Å²) in [4.78, 5) is 17.0. The summed E-state index contributed by atoms with van der Waals surface area (Å²) in [5.74, 6) is -1.39. The van der Waals surface area contributed by atoms with E-state index in [1.807, 2.05) is 6.07 Å². The highest BCUT2D eigenvalue weighted by molar-refractivity contribution is 6.30. The van der Waals surface area contributed by atoms with Gasteiger partial charge in [0.2, 0.25) is 0 Å². The van der Waals surface area contributed by atoms with E-state index in [1.54, 1.807) is 54.6 Å². The number of pyridine rings is 1. The summed E-state index contributed by atoms with van der Waals surface area (Å²) >= 11 is 5.98. The highest BCUT2D eigenvalue weighted by atomic mass is 35.5. The maximum atomic E-state index is 14.1. The van der Waals surface area contributed by atoms with Crippen LogP contribution < -0.4 is 10.6 Å². The second-order valence-corrected chi connectivity index (χ2v) is 8.68. The normalized spacial score (nSPS) is 15.3. The van der Waals surface area contributed by atoms with Gasteiger partial charge in [-0.2, -0.15) is 10.5 Å². The number of aromatic nitrogens is 1. The summed E-state index contributed by atoms with van der Waals surface area (Å²) in [5.41, 5.74) is 0.272. The smallest absolute Gasteiger partial charge is 0.279 e. The molecule has 2 aromatic carbocycles. The second kappa shape index (κ2) is 10.2. The van der Waals surface area contributed by atoms with Gasteiger partial charge in [0.15, 0.2) is 0 Å². The lowest BCUT2D eigenvalue weighted by Crippen LogP contribution is -2.28. The standard InChI is InChI=1S/C28H16ClF2N5O2/c29-17-8-6-15(7-9-17)24-19(13-32)23(20(14-33)25(35-24)26(30)31)22-12-18-21(38-22)10-11-34-27(18)36-28(37)16-4-2-1-3-5-16/h1-12,23,26,35H,(H,34,36,37). The molecule has 0 spiro atoms. The highest BCUT2D eigenvalue weighted by Crippen LogP contribution is 2.43. The van der Waals surface area contributed by atoms with Crippen molar-refractivity contribution in [3.05, 3.63) is 112 Å². The van der Waals surface area contributed by atoms with E-state index >= 15 is 0 Å². The zero-order valence-electron chi connectivity index (χ0n) is 19.4. The number of fused-ring (bicyclic) bond motifs is 1. The number of amides is 1. The number of rotatable bonds is 5. The number of hydrogen-bond acceptors (Lipinski definition) is 6. The van der Waals surface area contributed by atoms with E-state index in [0.717, 1.165) is 0 Å². The van der Waals surface area contributed by atoms with Crippen LogP contribution in [0.4, 0.5) is 14.6 Å². The number of carbonyl (C=O) groups excluding carboxylic acids is 1. The van der Waals surface area contributed by atoms with E-state index < -0.39 is 23.9 Å². The van der Waals surface area contributed by atoms with E-state index in [4.69, 9.17) is 16.0 Å². The topological polar surface area (TPSA) is 115 Å². The number of alkyl halides is 2. The first kappa shape index (κ1) is 24.7. The minimum Gasteiger partial charge on any atom is -0.460 e. The Kier molecular flexibility index (Phi) is 6.61. The number of allylic oxidation sites excluding steroid dienone is 3. The van der Waals surface area contributed by atoms with E-state index in [9.17, 15) is 24.1 Å². The Bertz CT molecular complexity index is 1700. The molecule has 186 valence electrons. The maximum Gasteiger partial charge on any atom is 0.279 e. The van der Waals surface area contributed by atoms with E-state index in [2.05, 4.69) is 21.7 Å². The van der Waals surface area contributed by atoms with Gasteiger partial charge < -0.3 is 15.1 Å². The first-order valence-electron chi connectivity index (χ1n) is 11.3. The molecule has 0 radical (unpaired) electrons. The quantitative estimate of drug-likeness (QED) is 0.310. The van der Waals surface area contributed by atoms with Gasteiger partial charge >= 0.3 is 0 Å². The van der Waals surface area contributed by atoms with E-state index in [1.165, 1.54) is 18.3 Å². The van der Waals surface area contributed by atoms with Crippen molar-refractivity contribution in [2.24, 2.45) is 0 Å². The number of nitrogens with one attached hydrogen (secondary N) is 2. The molecule has 1 unspecified atom stereocenters. The van der Waals surface area contributed by atoms with Crippen LogP contribution in [0, 0.1) is 22.7 Å². The molecule has 2 aromatic heterocycles. The van der Waals surface area contributed by atoms with E-state index in [0.29, 0.717) is 21.5 Å². The van der Waals surface area contributed by atoms with Crippen LogP contribution in [0.2, 0.25) is 5.02 Å². The number of anilines is 1. The van der Waals surface area contributed by atoms with Crippen molar-refractivity contribution < 1.29 is 18.0 Å². The van der Waals surface area contributed by atoms with Crippen LogP contribution >= 0.6 is 11.6 Å². The Balaban J connectivity index is 1.65. The van der Waals surface area contributed by atoms with Gasteiger partial charge in [-0.25, -0.2) is 13.8 Å². The fraction of sp³-hybridized carbons (Fsp3) is 0.0714. The molecule has 5 rings (SSSR count). The van der Waals surface area contributed by atoms with Crippen molar-refractivity contribution in [3.63, 3.8) is 0 Å². The van der Waals surface area contributed by atoms with Crippen molar-refractivity contribution in [2.75, 3.05) is 5.32 Å². The summed E-state index contributed by atoms with van der Waals surface area (Å²) in [7, 11) is 0. The molecule has 0 saturated carbocycles. The van der Waals surface area contributed by atoms with Gasteiger partial charge in [0.05, 0.1) is 46.0 Å². The number of nitrogens with zero attached hydrogens (tertiary/aromatic N) is 3. The van der Waals surface area contributed by atoms with Gasteiger partial charge in [0.1, 0.15) is 17.2 Å². The van der Waals surface area contributed by atoms with Crippen molar-refractivity contribution in [1.82, 2.24) is 10.3 Å². The van der Waals surface area contributed by atoms with Gasteiger partial charge in [0, 0.05) is 16.8 Å².